The average Bonchev–Trinajstić information content (AvgIpc) is 3.00. The molecule has 0 fully saturated rings. The summed E-state index contributed by atoms with van der Waals surface area (Å²) in [5.74, 6) is -0.567. The maximum atomic E-state index is 14.0. The molecule has 0 unspecified atom stereocenters. The number of carbonyl (C=O) groups excluding carboxylic acids is 2. The van der Waals surface area contributed by atoms with Gasteiger partial charge in [-0.1, -0.05) is 72.8 Å². The Morgan fingerprint density at radius 3 is 1.64 bits per heavy atom. The molecule has 1 aliphatic heterocycles. The van der Waals surface area contributed by atoms with Crippen molar-refractivity contribution in [2.24, 2.45) is 0 Å². The summed E-state index contributed by atoms with van der Waals surface area (Å²) in [6, 6.07) is 31.0. The highest BCUT2D eigenvalue weighted by Crippen LogP contribution is 2.41. The SMILES string of the molecule is COc1ccc(N2C=C(C(=O)c3ccccc3)C(c3ccc([N+](=O)[O-])cc3)C(C(=O)c3ccccc3)=C2)cc1. The van der Waals surface area contributed by atoms with Crippen LogP contribution in [0.3, 0.4) is 0 Å². The number of non-ortho nitro benzene ring substituents is 1. The van der Waals surface area contributed by atoms with E-state index in [9.17, 15) is 19.7 Å². The molecule has 1 aliphatic rings. The van der Waals surface area contributed by atoms with Crippen LogP contribution in [0.1, 0.15) is 32.2 Å². The molecule has 0 saturated carbocycles. The molecule has 0 N–H and O–H groups in total. The maximum absolute atomic E-state index is 14.0. The average molecular weight is 517 g/mol. The largest absolute Gasteiger partial charge is 0.497 e. The number of benzene rings is 4. The van der Waals surface area contributed by atoms with Gasteiger partial charge in [0.15, 0.2) is 11.6 Å². The van der Waals surface area contributed by atoms with Gasteiger partial charge >= 0.3 is 0 Å². The minimum absolute atomic E-state index is 0.0748. The fraction of sp³-hybridized carbons (Fsp3) is 0.0625. The zero-order valence-electron chi connectivity index (χ0n) is 21.1. The Kier molecular flexibility index (Phi) is 7.14. The third-order valence-corrected chi connectivity index (χ3v) is 6.58. The first-order valence-corrected chi connectivity index (χ1v) is 12.3. The van der Waals surface area contributed by atoms with E-state index in [1.54, 1.807) is 97.2 Å². The Bertz CT molecular complexity index is 1510. The van der Waals surface area contributed by atoms with Crippen LogP contribution in [0.15, 0.2) is 133 Å². The van der Waals surface area contributed by atoms with E-state index in [1.807, 2.05) is 24.3 Å². The molecule has 5 rings (SSSR count). The Balaban J connectivity index is 1.70. The van der Waals surface area contributed by atoms with Gasteiger partial charge in [0, 0.05) is 58.4 Å². The van der Waals surface area contributed by atoms with E-state index < -0.39 is 10.8 Å². The first-order valence-electron chi connectivity index (χ1n) is 12.3. The minimum atomic E-state index is -0.749. The van der Waals surface area contributed by atoms with E-state index in [2.05, 4.69) is 0 Å². The lowest BCUT2D eigenvalue weighted by Crippen LogP contribution is -2.28. The Hall–Kier alpha value is -5.30. The van der Waals surface area contributed by atoms with Gasteiger partial charge in [-0.05, 0) is 29.8 Å². The number of rotatable bonds is 8. The van der Waals surface area contributed by atoms with Crippen molar-refractivity contribution in [2.75, 3.05) is 12.0 Å². The molecular formula is C32H24N2O5. The minimum Gasteiger partial charge on any atom is -0.497 e. The van der Waals surface area contributed by atoms with Crippen molar-refractivity contribution in [3.63, 3.8) is 0 Å². The van der Waals surface area contributed by atoms with Gasteiger partial charge in [0.05, 0.1) is 12.0 Å². The number of allylic oxidation sites excluding steroid dienone is 2. The number of methoxy groups -OCH3 is 1. The van der Waals surface area contributed by atoms with Crippen molar-refractivity contribution < 1.29 is 19.2 Å². The van der Waals surface area contributed by atoms with Gasteiger partial charge in [-0.15, -0.1) is 0 Å². The highest BCUT2D eigenvalue weighted by Gasteiger charge is 2.35. The number of hydrogen-bond acceptors (Lipinski definition) is 6. The lowest BCUT2D eigenvalue weighted by atomic mass is 9.77. The molecule has 7 nitrogen and oxygen atoms in total. The number of nitrogens with zero attached hydrogens (tertiary/aromatic N) is 2. The monoisotopic (exact) mass is 516 g/mol. The molecule has 0 radical (unpaired) electrons. The molecule has 39 heavy (non-hydrogen) atoms. The summed E-state index contributed by atoms with van der Waals surface area (Å²) in [5.41, 5.74) is 2.93. The Labute approximate surface area is 225 Å². The summed E-state index contributed by atoms with van der Waals surface area (Å²) in [4.78, 5) is 40.5. The standard InChI is InChI=1S/C32H24N2O5/c1-39-27-18-16-25(17-19-27)33-20-28(31(35)23-8-4-2-5-9-23)30(22-12-14-26(15-13-22)34(37)38)29(21-33)32(36)24-10-6-3-7-11-24/h2-21,30H,1H3. The first-order chi connectivity index (χ1) is 19.0. The third kappa shape index (κ3) is 5.24. The van der Waals surface area contributed by atoms with Crippen LogP contribution in [-0.4, -0.2) is 23.6 Å². The molecular weight excluding hydrogens is 492 g/mol. The summed E-state index contributed by atoms with van der Waals surface area (Å²) < 4.78 is 5.29. The van der Waals surface area contributed by atoms with Crippen molar-refractivity contribution >= 4 is 22.9 Å². The maximum Gasteiger partial charge on any atom is 0.269 e. The summed E-state index contributed by atoms with van der Waals surface area (Å²) in [7, 11) is 1.58. The van der Waals surface area contributed by atoms with Gasteiger partial charge in [-0.2, -0.15) is 0 Å². The van der Waals surface area contributed by atoms with E-state index in [-0.39, 0.29) is 17.3 Å². The van der Waals surface area contributed by atoms with E-state index in [0.29, 0.717) is 33.6 Å². The summed E-state index contributed by atoms with van der Waals surface area (Å²) in [5, 5.41) is 11.3. The number of ether oxygens (including phenoxy) is 1. The molecule has 0 atom stereocenters. The van der Waals surface area contributed by atoms with E-state index in [1.165, 1.54) is 12.1 Å². The van der Waals surface area contributed by atoms with E-state index in [0.717, 1.165) is 5.69 Å². The molecule has 192 valence electrons. The van der Waals surface area contributed by atoms with Crippen LogP contribution < -0.4 is 9.64 Å². The first kappa shape index (κ1) is 25.4. The van der Waals surface area contributed by atoms with Crippen LogP contribution in [0.25, 0.3) is 0 Å². The summed E-state index contributed by atoms with van der Waals surface area (Å²) in [6.45, 7) is 0. The van der Waals surface area contributed by atoms with Gasteiger partial charge in [0.2, 0.25) is 0 Å². The molecule has 7 heteroatoms. The van der Waals surface area contributed by atoms with E-state index in [4.69, 9.17) is 4.74 Å². The quantitative estimate of drug-likeness (QED) is 0.146. The number of carbonyl (C=O) groups is 2. The lowest BCUT2D eigenvalue weighted by molar-refractivity contribution is -0.384. The predicted molar refractivity (Wildman–Crippen MR) is 149 cm³/mol. The van der Waals surface area contributed by atoms with Gasteiger partial charge in [-0.3, -0.25) is 19.7 Å². The van der Waals surface area contributed by atoms with E-state index >= 15 is 0 Å². The van der Waals surface area contributed by atoms with Crippen molar-refractivity contribution in [3.8, 4) is 5.75 Å². The van der Waals surface area contributed by atoms with Gasteiger partial charge < -0.3 is 9.64 Å². The van der Waals surface area contributed by atoms with Crippen molar-refractivity contribution in [2.45, 2.75) is 5.92 Å². The van der Waals surface area contributed by atoms with Crippen LogP contribution >= 0.6 is 0 Å². The molecule has 4 aromatic carbocycles. The fourth-order valence-corrected chi connectivity index (χ4v) is 4.60. The Morgan fingerprint density at radius 1 is 0.718 bits per heavy atom. The molecule has 0 aromatic heterocycles. The molecule has 1 heterocycles. The van der Waals surface area contributed by atoms with Crippen molar-refractivity contribution in [3.05, 3.63) is 160 Å². The van der Waals surface area contributed by atoms with Gasteiger partial charge in [0.25, 0.3) is 5.69 Å². The summed E-state index contributed by atoms with van der Waals surface area (Å²) in [6.07, 6.45) is 3.45. The molecule has 0 aliphatic carbocycles. The highest BCUT2D eigenvalue weighted by atomic mass is 16.6. The lowest BCUT2D eigenvalue weighted by Gasteiger charge is -2.31. The van der Waals surface area contributed by atoms with Gasteiger partial charge in [-0.25, -0.2) is 0 Å². The fourth-order valence-electron chi connectivity index (χ4n) is 4.60. The second-order valence-corrected chi connectivity index (χ2v) is 8.95. The molecule has 4 aromatic rings. The third-order valence-electron chi connectivity index (χ3n) is 6.58. The zero-order valence-corrected chi connectivity index (χ0v) is 21.1. The predicted octanol–water partition coefficient (Wildman–Crippen LogP) is 6.74. The highest BCUT2D eigenvalue weighted by molar-refractivity contribution is 6.16. The number of ketones is 2. The normalized spacial score (nSPS) is 13.3. The smallest absolute Gasteiger partial charge is 0.269 e. The van der Waals surface area contributed by atoms with Crippen molar-refractivity contribution in [1.29, 1.82) is 0 Å². The number of hydrogen-bond donors (Lipinski definition) is 0. The van der Waals surface area contributed by atoms with Crippen LogP contribution in [0, 0.1) is 10.1 Å². The number of nitro benzene ring substituents is 1. The number of Topliss-reactive ketones (excluding diaryl/α,β-unsaturated/α-hetero) is 2. The molecule has 0 spiro atoms. The summed E-state index contributed by atoms with van der Waals surface area (Å²) >= 11 is 0. The van der Waals surface area contributed by atoms with Gasteiger partial charge in [0.1, 0.15) is 5.75 Å². The van der Waals surface area contributed by atoms with Crippen LogP contribution in [0.2, 0.25) is 0 Å². The zero-order chi connectivity index (χ0) is 27.4. The number of nitro groups is 1. The molecule has 0 bridgehead atoms. The number of anilines is 1. The molecule has 0 saturated heterocycles. The second kappa shape index (κ2) is 11.0. The second-order valence-electron chi connectivity index (χ2n) is 8.95. The van der Waals surface area contributed by atoms with Crippen LogP contribution in [0.4, 0.5) is 11.4 Å². The molecule has 0 amide bonds. The topological polar surface area (TPSA) is 89.8 Å². The van der Waals surface area contributed by atoms with Crippen molar-refractivity contribution in [1.82, 2.24) is 0 Å². The van der Waals surface area contributed by atoms with Crippen LogP contribution in [0.5, 0.6) is 5.75 Å². The Morgan fingerprint density at radius 2 is 1.21 bits per heavy atom. The van der Waals surface area contributed by atoms with Crippen LogP contribution in [-0.2, 0) is 0 Å².